The lowest BCUT2D eigenvalue weighted by molar-refractivity contribution is -0.167. The van der Waals surface area contributed by atoms with Crippen LogP contribution in [0, 0.1) is 10.8 Å². The minimum Gasteiger partial charge on any atom is -0.480 e. The van der Waals surface area contributed by atoms with E-state index in [1.165, 1.54) is 29.9 Å². The van der Waals surface area contributed by atoms with Crippen LogP contribution < -0.4 is 20.1 Å². The Morgan fingerprint density at radius 3 is 1.85 bits per heavy atom. The zero-order chi connectivity index (χ0) is 45.4. The van der Waals surface area contributed by atoms with Gasteiger partial charge in [-0.25, -0.2) is 14.8 Å². The van der Waals surface area contributed by atoms with Crippen LogP contribution in [0.4, 0.5) is 5.95 Å². The van der Waals surface area contributed by atoms with Gasteiger partial charge in [-0.15, -0.1) is 0 Å². The number of hydrogen-bond donors (Lipinski definition) is 4. The molecule has 1 heterocycles. The summed E-state index contributed by atoms with van der Waals surface area (Å²) in [6.45, 7) is 15.5. The second-order valence-corrected chi connectivity index (χ2v) is 17.9. The highest BCUT2D eigenvalue weighted by molar-refractivity contribution is 8.00. The summed E-state index contributed by atoms with van der Waals surface area (Å²) in [5.41, 5.74) is 0.558. The number of amides is 2. The third kappa shape index (κ3) is 22.3. The first-order valence-corrected chi connectivity index (χ1v) is 21.7. The molecule has 0 aliphatic rings. The molecule has 342 valence electrons. The fourth-order valence-electron chi connectivity index (χ4n) is 6.16. The highest BCUT2D eigenvalue weighted by Gasteiger charge is 2.37. The molecule has 0 radical (unpaired) electrons. The summed E-state index contributed by atoms with van der Waals surface area (Å²) in [6, 6.07) is 15.8. The molecule has 4 N–H and O–H groups in total. The summed E-state index contributed by atoms with van der Waals surface area (Å²) >= 11 is 1.33. The van der Waals surface area contributed by atoms with Gasteiger partial charge in [-0.3, -0.25) is 19.1 Å². The Bertz CT molecular complexity index is 1800. The molecule has 0 aliphatic heterocycles. The number of carbonyl (C=O) groups excluding carboxylic acids is 3. The predicted octanol–water partition coefficient (Wildman–Crippen LogP) is 6.88. The van der Waals surface area contributed by atoms with Crippen LogP contribution in [0.2, 0.25) is 0 Å². The number of hydrogen-bond acceptors (Lipinski definition) is 14. The normalized spacial score (nSPS) is 11.8. The van der Waals surface area contributed by atoms with Gasteiger partial charge in [0.05, 0.1) is 50.6 Å². The molecule has 2 amide bonds. The summed E-state index contributed by atoms with van der Waals surface area (Å²) in [4.78, 5) is 56.8. The average molecular weight is 884 g/mol. The average Bonchev–Trinajstić information content (AvgIpc) is 3.20. The molecule has 0 saturated carbocycles. The number of anilines is 1. The highest BCUT2D eigenvalue weighted by atomic mass is 32.2. The molecule has 0 fully saturated rings. The quantitative estimate of drug-likeness (QED) is 0.0306. The van der Waals surface area contributed by atoms with E-state index in [-0.39, 0.29) is 89.1 Å². The van der Waals surface area contributed by atoms with Crippen molar-refractivity contribution in [1.82, 2.24) is 20.6 Å². The number of carboxylic acids is 1. The van der Waals surface area contributed by atoms with Crippen LogP contribution in [0.3, 0.4) is 0 Å². The van der Waals surface area contributed by atoms with Gasteiger partial charge < -0.3 is 44.2 Å². The van der Waals surface area contributed by atoms with Gasteiger partial charge in [-0.05, 0) is 120 Å². The molecule has 0 spiro atoms. The van der Waals surface area contributed by atoms with Gasteiger partial charge in [-0.1, -0.05) is 32.4 Å². The fourth-order valence-corrected chi connectivity index (χ4v) is 6.75. The number of nitrogens with zero attached hydrogens (tertiary/aromatic N) is 2. The van der Waals surface area contributed by atoms with Gasteiger partial charge in [0.15, 0.2) is 0 Å². The first-order valence-electron chi connectivity index (χ1n) is 20.8. The minimum atomic E-state index is -1.04. The number of carboxylic acid groups (broad SMARTS) is 1. The van der Waals surface area contributed by atoms with Crippen LogP contribution in [-0.2, 0) is 44.5 Å². The van der Waals surface area contributed by atoms with Crippen LogP contribution in [-0.4, -0.2) is 110 Å². The first kappa shape index (κ1) is 51.5. The monoisotopic (exact) mass is 883 g/mol. The standard InChI is InChI=1S/C45H65N5O11S/c1-43(2,3)61-41(55)45(6,7)32-44(4,5)19-9-8-10-33-11-13-35(14-12-33)60-36-15-17-37(18-16-36)62-50-42-48-28-34(29-49-42)40(54)47-21-23-57-24-26-58-30-38(51)46-20-22-56-25-27-59-31-39(52)53/h11-18,28-29H,8-10,19-27,30-32H2,1-7H3,(H,46,51)(H,47,54)(H,52,53)(H,48,49,50). The number of nitrogens with one attached hydrogen (secondary N) is 3. The third-order valence-corrected chi connectivity index (χ3v) is 9.69. The smallest absolute Gasteiger partial charge is 0.329 e. The number of benzene rings is 2. The Labute approximate surface area is 370 Å². The SMILES string of the molecule is CC(C)(CCCCc1ccc(Oc2ccc(SNc3ncc(C(=O)NCCOCCOCC(=O)NCCOCCOCC(=O)O)cn3)cc2)cc1)CC(C)(C)C(=O)OC(C)(C)C. The van der Waals surface area contributed by atoms with E-state index in [1.54, 1.807) is 0 Å². The van der Waals surface area contributed by atoms with E-state index in [0.717, 1.165) is 42.7 Å². The van der Waals surface area contributed by atoms with Gasteiger partial charge in [-0.2, -0.15) is 0 Å². The van der Waals surface area contributed by atoms with Crippen LogP contribution in [0.1, 0.15) is 90.1 Å². The number of aryl methyl sites for hydroxylation is 1. The number of aliphatic carboxylic acids is 1. The Hall–Kier alpha value is -4.81. The van der Waals surface area contributed by atoms with Crippen molar-refractivity contribution in [2.45, 2.75) is 91.1 Å². The summed E-state index contributed by atoms with van der Waals surface area (Å²) in [5.74, 6) is -0.00412. The van der Waals surface area contributed by atoms with E-state index in [2.05, 4.69) is 51.3 Å². The predicted molar refractivity (Wildman–Crippen MR) is 236 cm³/mol. The Morgan fingerprint density at radius 2 is 1.26 bits per heavy atom. The molecule has 0 atom stereocenters. The number of unbranched alkanes of at least 4 members (excludes halogenated alkanes) is 1. The van der Waals surface area contributed by atoms with Gasteiger partial charge in [0.2, 0.25) is 11.9 Å². The maximum absolute atomic E-state index is 12.8. The van der Waals surface area contributed by atoms with Gasteiger partial charge in [0, 0.05) is 30.4 Å². The molecule has 0 saturated heterocycles. The second-order valence-electron chi connectivity index (χ2n) is 17.0. The fraction of sp³-hybridized carbons (Fsp3) is 0.556. The van der Waals surface area contributed by atoms with Crippen molar-refractivity contribution in [3.8, 4) is 11.5 Å². The van der Waals surface area contributed by atoms with Crippen LogP contribution in [0.15, 0.2) is 65.8 Å². The van der Waals surface area contributed by atoms with Crippen molar-refractivity contribution < 1.29 is 52.7 Å². The molecule has 0 bridgehead atoms. The maximum Gasteiger partial charge on any atom is 0.329 e. The zero-order valence-corrected chi connectivity index (χ0v) is 38.0. The van der Waals surface area contributed by atoms with Crippen molar-refractivity contribution in [3.05, 3.63) is 72.1 Å². The largest absolute Gasteiger partial charge is 0.480 e. The van der Waals surface area contributed by atoms with Crippen molar-refractivity contribution in [3.63, 3.8) is 0 Å². The van der Waals surface area contributed by atoms with Gasteiger partial charge >= 0.3 is 11.9 Å². The van der Waals surface area contributed by atoms with E-state index in [4.69, 9.17) is 33.5 Å². The van der Waals surface area contributed by atoms with Gasteiger partial charge in [0.1, 0.15) is 30.3 Å². The number of aromatic nitrogens is 2. The Kier molecular flexibility index (Phi) is 22.1. The van der Waals surface area contributed by atoms with Crippen LogP contribution in [0.25, 0.3) is 0 Å². The van der Waals surface area contributed by atoms with E-state index >= 15 is 0 Å². The molecule has 1 aromatic heterocycles. The molecule has 62 heavy (non-hydrogen) atoms. The van der Waals surface area contributed by atoms with Crippen molar-refractivity contribution in [2.75, 3.05) is 70.7 Å². The molecule has 17 heteroatoms. The Morgan fingerprint density at radius 1 is 0.694 bits per heavy atom. The molecular formula is C45H65N5O11S. The number of esters is 1. The zero-order valence-electron chi connectivity index (χ0n) is 37.2. The lowest BCUT2D eigenvalue weighted by atomic mass is 9.72. The molecule has 0 aliphatic carbocycles. The van der Waals surface area contributed by atoms with Crippen molar-refractivity contribution in [2.24, 2.45) is 10.8 Å². The third-order valence-electron chi connectivity index (χ3n) is 8.90. The van der Waals surface area contributed by atoms with Crippen molar-refractivity contribution >= 4 is 41.6 Å². The molecule has 3 rings (SSSR count). The first-order chi connectivity index (χ1) is 29.4. The molecule has 3 aromatic rings. The molecule has 2 aromatic carbocycles. The maximum atomic E-state index is 12.8. The van der Waals surface area contributed by atoms with Crippen LogP contribution >= 0.6 is 11.9 Å². The van der Waals surface area contributed by atoms with Crippen LogP contribution in [0.5, 0.6) is 11.5 Å². The summed E-state index contributed by atoms with van der Waals surface area (Å²) in [5, 5.41) is 13.9. The number of ether oxygens (including phenoxy) is 6. The molecular weight excluding hydrogens is 819 g/mol. The van der Waals surface area contributed by atoms with E-state index in [1.807, 2.05) is 71.0 Å². The molecule has 0 unspecified atom stereocenters. The second kappa shape index (κ2) is 26.6. The lowest BCUT2D eigenvalue weighted by Gasteiger charge is -2.35. The summed E-state index contributed by atoms with van der Waals surface area (Å²) < 4.78 is 35.6. The van der Waals surface area contributed by atoms with Crippen molar-refractivity contribution in [1.29, 1.82) is 0 Å². The lowest BCUT2D eigenvalue weighted by Crippen LogP contribution is -2.36. The van der Waals surface area contributed by atoms with E-state index < -0.39 is 17.0 Å². The highest BCUT2D eigenvalue weighted by Crippen LogP contribution is 2.39. The van der Waals surface area contributed by atoms with E-state index in [0.29, 0.717) is 17.3 Å². The van der Waals surface area contributed by atoms with E-state index in [9.17, 15) is 19.2 Å². The summed E-state index contributed by atoms with van der Waals surface area (Å²) in [6.07, 6.45) is 7.80. The summed E-state index contributed by atoms with van der Waals surface area (Å²) in [7, 11) is 0. The topological polar surface area (TPSA) is 206 Å². The Balaban J connectivity index is 1.24. The minimum absolute atomic E-state index is 0.0248. The number of carbonyl (C=O) groups is 4. The number of rotatable bonds is 30. The molecule has 16 nitrogen and oxygen atoms in total. The van der Waals surface area contributed by atoms with Gasteiger partial charge in [0.25, 0.3) is 5.91 Å².